The summed E-state index contributed by atoms with van der Waals surface area (Å²) in [5.41, 5.74) is 3.52. The Balaban J connectivity index is 1.89. The third-order valence-corrected chi connectivity index (χ3v) is 2.83. The van der Waals surface area contributed by atoms with Crippen molar-refractivity contribution in [3.8, 4) is 22.8 Å². The first-order valence-corrected chi connectivity index (χ1v) is 6.02. The van der Waals surface area contributed by atoms with Crippen LogP contribution in [0.4, 0.5) is 0 Å². The second kappa shape index (κ2) is 4.94. The van der Waals surface area contributed by atoms with Crippen molar-refractivity contribution in [3.63, 3.8) is 0 Å². The SMILES string of the molecule is Cc1ccc(-c2cccc(Oc3cn[nH]n3)c2)cc1. The van der Waals surface area contributed by atoms with E-state index in [9.17, 15) is 0 Å². The van der Waals surface area contributed by atoms with E-state index in [0.29, 0.717) is 5.88 Å². The summed E-state index contributed by atoms with van der Waals surface area (Å²) < 4.78 is 5.60. The van der Waals surface area contributed by atoms with E-state index in [1.165, 1.54) is 5.56 Å². The zero-order valence-electron chi connectivity index (χ0n) is 10.5. The molecule has 0 bridgehead atoms. The summed E-state index contributed by atoms with van der Waals surface area (Å²) in [6.07, 6.45) is 1.54. The fourth-order valence-electron chi connectivity index (χ4n) is 1.85. The van der Waals surface area contributed by atoms with Gasteiger partial charge >= 0.3 is 0 Å². The van der Waals surface area contributed by atoms with E-state index in [1.807, 2.05) is 18.2 Å². The number of H-pyrrole nitrogens is 1. The Morgan fingerprint density at radius 3 is 2.58 bits per heavy atom. The van der Waals surface area contributed by atoms with Crippen molar-refractivity contribution >= 4 is 0 Å². The first kappa shape index (κ1) is 11.5. The van der Waals surface area contributed by atoms with Crippen LogP contribution in [0.15, 0.2) is 54.7 Å². The largest absolute Gasteiger partial charge is 0.436 e. The number of aromatic amines is 1. The smallest absolute Gasteiger partial charge is 0.258 e. The van der Waals surface area contributed by atoms with E-state index >= 15 is 0 Å². The van der Waals surface area contributed by atoms with Crippen molar-refractivity contribution in [3.05, 3.63) is 60.3 Å². The molecule has 19 heavy (non-hydrogen) atoms. The highest BCUT2D eigenvalue weighted by atomic mass is 16.5. The van der Waals surface area contributed by atoms with Crippen LogP contribution in [0.25, 0.3) is 11.1 Å². The monoisotopic (exact) mass is 251 g/mol. The van der Waals surface area contributed by atoms with Crippen molar-refractivity contribution < 1.29 is 4.74 Å². The Labute approximate surface area is 111 Å². The molecule has 0 spiro atoms. The molecule has 4 heteroatoms. The predicted octanol–water partition coefficient (Wildman–Crippen LogP) is 3.57. The van der Waals surface area contributed by atoms with Gasteiger partial charge < -0.3 is 4.74 Å². The van der Waals surface area contributed by atoms with Gasteiger partial charge in [-0.15, -0.1) is 5.10 Å². The number of hydrogen-bond donors (Lipinski definition) is 1. The first-order chi connectivity index (χ1) is 9.31. The minimum atomic E-state index is 0.459. The van der Waals surface area contributed by atoms with Gasteiger partial charge in [-0.1, -0.05) is 42.0 Å². The Hall–Kier alpha value is -2.62. The number of aryl methyl sites for hydroxylation is 1. The van der Waals surface area contributed by atoms with E-state index in [1.54, 1.807) is 6.20 Å². The average molecular weight is 251 g/mol. The minimum absolute atomic E-state index is 0.459. The molecule has 0 amide bonds. The van der Waals surface area contributed by atoms with Gasteiger partial charge in [-0.2, -0.15) is 10.3 Å². The van der Waals surface area contributed by atoms with Crippen LogP contribution in [0.3, 0.4) is 0 Å². The van der Waals surface area contributed by atoms with Crippen molar-refractivity contribution in [1.82, 2.24) is 15.4 Å². The Kier molecular flexibility index (Phi) is 2.98. The molecule has 1 N–H and O–H groups in total. The topological polar surface area (TPSA) is 50.8 Å². The summed E-state index contributed by atoms with van der Waals surface area (Å²) >= 11 is 0. The lowest BCUT2D eigenvalue weighted by Crippen LogP contribution is -1.85. The quantitative estimate of drug-likeness (QED) is 0.774. The lowest BCUT2D eigenvalue weighted by atomic mass is 10.0. The second-order valence-corrected chi connectivity index (χ2v) is 4.30. The third-order valence-electron chi connectivity index (χ3n) is 2.83. The lowest BCUT2D eigenvalue weighted by molar-refractivity contribution is 0.462. The highest BCUT2D eigenvalue weighted by molar-refractivity contribution is 5.65. The number of aromatic nitrogens is 3. The van der Waals surface area contributed by atoms with Gasteiger partial charge in [0.1, 0.15) is 11.9 Å². The van der Waals surface area contributed by atoms with Crippen LogP contribution < -0.4 is 4.74 Å². The van der Waals surface area contributed by atoms with E-state index in [2.05, 4.69) is 52.7 Å². The molecule has 0 aliphatic heterocycles. The van der Waals surface area contributed by atoms with Crippen molar-refractivity contribution in [2.24, 2.45) is 0 Å². The third kappa shape index (κ3) is 2.63. The molecule has 1 aromatic heterocycles. The number of ether oxygens (including phenoxy) is 1. The highest BCUT2D eigenvalue weighted by Gasteiger charge is 2.02. The normalized spacial score (nSPS) is 10.4. The molecule has 0 aliphatic carbocycles. The van der Waals surface area contributed by atoms with Crippen molar-refractivity contribution in [1.29, 1.82) is 0 Å². The molecule has 4 nitrogen and oxygen atoms in total. The first-order valence-electron chi connectivity index (χ1n) is 6.02. The van der Waals surface area contributed by atoms with Gasteiger partial charge in [-0.3, -0.25) is 0 Å². The standard InChI is InChI=1S/C15H13N3O/c1-11-5-7-12(8-6-11)13-3-2-4-14(9-13)19-15-10-16-18-17-15/h2-10H,1H3,(H,16,17,18). The molecule has 0 unspecified atom stereocenters. The van der Waals surface area contributed by atoms with Crippen molar-refractivity contribution in [2.75, 3.05) is 0 Å². The van der Waals surface area contributed by atoms with E-state index < -0.39 is 0 Å². The Morgan fingerprint density at radius 2 is 1.84 bits per heavy atom. The van der Waals surface area contributed by atoms with E-state index in [-0.39, 0.29) is 0 Å². The Bertz CT molecular complexity index is 660. The maximum atomic E-state index is 5.60. The van der Waals surface area contributed by atoms with Crippen LogP contribution in [-0.4, -0.2) is 15.4 Å². The lowest BCUT2D eigenvalue weighted by Gasteiger charge is -2.05. The molecule has 0 saturated heterocycles. The molecule has 0 radical (unpaired) electrons. The molecular formula is C15H13N3O. The molecule has 2 aromatic carbocycles. The van der Waals surface area contributed by atoms with Gasteiger partial charge in [-0.05, 0) is 30.2 Å². The molecule has 0 fully saturated rings. The zero-order chi connectivity index (χ0) is 13.1. The number of rotatable bonds is 3. The van der Waals surface area contributed by atoms with Crippen LogP contribution in [0.5, 0.6) is 11.6 Å². The van der Waals surface area contributed by atoms with Gasteiger partial charge in [0.05, 0.1) is 0 Å². The minimum Gasteiger partial charge on any atom is -0.436 e. The van der Waals surface area contributed by atoms with Gasteiger partial charge in [0.25, 0.3) is 5.88 Å². The number of nitrogens with zero attached hydrogens (tertiary/aromatic N) is 2. The number of hydrogen-bond acceptors (Lipinski definition) is 3. The van der Waals surface area contributed by atoms with E-state index in [0.717, 1.165) is 16.9 Å². The summed E-state index contributed by atoms with van der Waals surface area (Å²) in [5.74, 6) is 1.20. The second-order valence-electron chi connectivity index (χ2n) is 4.30. The molecular weight excluding hydrogens is 238 g/mol. The molecule has 0 saturated carbocycles. The molecule has 94 valence electrons. The Morgan fingerprint density at radius 1 is 1.00 bits per heavy atom. The molecule has 3 aromatic rings. The number of nitrogens with one attached hydrogen (secondary N) is 1. The molecule has 0 atom stereocenters. The van der Waals surface area contributed by atoms with Crippen LogP contribution in [0, 0.1) is 6.92 Å². The predicted molar refractivity (Wildman–Crippen MR) is 73.1 cm³/mol. The maximum absolute atomic E-state index is 5.60. The van der Waals surface area contributed by atoms with E-state index in [4.69, 9.17) is 4.74 Å². The summed E-state index contributed by atoms with van der Waals surface area (Å²) in [7, 11) is 0. The zero-order valence-corrected chi connectivity index (χ0v) is 10.5. The van der Waals surface area contributed by atoms with Gasteiger partial charge in [0.2, 0.25) is 0 Å². The average Bonchev–Trinajstić information content (AvgIpc) is 2.93. The molecule has 0 aliphatic rings. The van der Waals surface area contributed by atoms with Crippen LogP contribution in [0.2, 0.25) is 0 Å². The van der Waals surface area contributed by atoms with Crippen molar-refractivity contribution in [2.45, 2.75) is 6.92 Å². The number of benzene rings is 2. The van der Waals surface area contributed by atoms with Gasteiger partial charge in [0, 0.05) is 0 Å². The van der Waals surface area contributed by atoms with Crippen LogP contribution in [-0.2, 0) is 0 Å². The van der Waals surface area contributed by atoms with Crippen LogP contribution in [0.1, 0.15) is 5.56 Å². The summed E-state index contributed by atoms with van der Waals surface area (Å²) in [6, 6.07) is 16.3. The highest BCUT2D eigenvalue weighted by Crippen LogP contribution is 2.26. The summed E-state index contributed by atoms with van der Waals surface area (Å²) in [4.78, 5) is 0. The molecule has 1 heterocycles. The summed E-state index contributed by atoms with van der Waals surface area (Å²) in [6.45, 7) is 2.08. The van der Waals surface area contributed by atoms with Gasteiger partial charge in [0.15, 0.2) is 0 Å². The van der Waals surface area contributed by atoms with Crippen LogP contribution >= 0.6 is 0 Å². The maximum Gasteiger partial charge on any atom is 0.258 e. The van der Waals surface area contributed by atoms with Gasteiger partial charge in [-0.25, -0.2) is 0 Å². The fourth-order valence-corrected chi connectivity index (χ4v) is 1.85. The fraction of sp³-hybridized carbons (Fsp3) is 0.0667. The molecule has 3 rings (SSSR count). The summed E-state index contributed by atoms with van der Waals surface area (Å²) in [5, 5.41) is 10.1.